The molecule has 3 N–H and O–H groups in total. The summed E-state index contributed by atoms with van der Waals surface area (Å²) in [6.07, 6.45) is 2.39. The number of alkyl halides is 1. The molecule has 1 heterocycles. The molecule has 0 saturated heterocycles. The largest absolute Gasteiger partial charge is 0.383 e. The fraction of sp³-hybridized carbons (Fsp3) is 0.571. The lowest BCUT2D eigenvalue weighted by molar-refractivity contribution is 0.0928. The summed E-state index contributed by atoms with van der Waals surface area (Å²) in [5, 5.41) is 2.69. The molecular weight excluding hydrogens is 573 g/mol. The average Bonchev–Trinajstić information content (AvgIpc) is 3.64. The van der Waals surface area contributed by atoms with E-state index in [4.69, 9.17) is 26.8 Å². The molecule has 3 unspecified atom stereocenters. The Balaban J connectivity index is 2.08. The molecule has 0 aliphatic heterocycles. The number of anilines is 2. The van der Waals surface area contributed by atoms with E-state index in [0.29, 0.717) is 43.8 Å². The number of sulfonamides is 1. The minimum Gasteiger partial charge on any atom is -0.383 e. The molecule has 3 rings (SSSR count). The topological polar surface area (TPSA) is 127 Å². The Labute approximate surface area is 247 Å². The third-order valence-corrected chi connectivity index (χ3v) is 8.77. The van der Waals surface area contributed by atoms with Crippen LogP contribution in [0.1, 0.15) is 29.3 Å². The van der Waals surface area contributed by atoms with Crippen LogP contribution in [0.25, 0.3) is 0 Å². The molecule has 0 radical (unpaired) electrons. The predicted molar refractivity (Wildman–Crippen MR) is 160 cm³/mol. The van der Waals surface area contributed by atoms with Crippen molar-refractivity contribution in [2.75, 3.05) is 69.2 Å². The van der Waals surface area contributed by atoms with Gasteiger partial charge in [-0.3, -0.25) is 9.10 Å². The highest BCUT2D eigenvalue weighted by molar-refractivity contribution is 7.92. The highest BCUT2D eigenvalue weighted by Crippen LogP contribution is 2.40. The van der Waals surface area contributed by atoms with Gasteiger partial charge in [0, 0.05) is 27.3 Å². The molecule has 41 heavy (non-hydrogen) atoms. The van der Waals surface area contributed by atoms with Crippen molar-refractivity contribution in [2.24, 2.45) is 17.6 Å². The maximum atomic E-state index is 13.8. The van der Waals surface area contributed by atoms with Crippen molar-refractivity contribution in [1.82, 2.24) is 10.3 Å². The number of nitrogens with two attached hydrogens (primary N) is 1. The number of pyridine rings is 1. The van der Waals surface area contributed by atoms with Crippen LogP contribution in [0.15, 0.2) is 36.4 Å². The minimum absolute atomic E-state index is 0.00751. The van der Waals surface area contributed by atoms with Gasteiger partial charge in [0.15, 0.2) is 5.82 Å². The summed E-state index contributed by atoms with van der Waals surface area (Å²) in [6.45, 7) is 2.85. The van der Waals surface area contributed by atoms with Crippen LogP contribution < -0.4 is 20.3 Å². The fourth-order valence-electron chi connectivity index (χ4n) is 4.57. The number of rotatable bonds is 17. The number of benzene rings is 1. The lowest BCUT2D eigenvalue weighted by Gasteiger charge is -2.29. The second-order valence-corrected chi connectivity index (χ2v) is 12.8. The van der Waals surface area contributed by atoms with Crippen LogP contribution in [0.5, 0.6) is 0 Å². The second-order valence-electron chi connectivity index (χ2n) is 10.5. The molecule has 4 atom stereocenters. The highest BCUT2D eigenvalue weighted by atomic mass is 35.5. The van der Waals surface area contributed by atoms with Crippen LogP contribution in [0.3, 0.4) is 0 Å². The summed E-state index contributed by atoms with van der Waals surface area (Å²) in [6, 6.07) is 9.12. The average molecular weight is 614 g/mol. The number of carbonyl (C=O) groups excluding carboxylic acids is 1. The standard InChI is InChI=1S/C28H41ClFN5O5S/c1-19-14-21(19)18-34(10-12-39-2)25-16-22(26(29)27(33-25)35(11-13-40-3)41(4,37)38)28(36)32-24(23(31)17-30)15-20-8-6-5-7-9-20/h5-9,16,19,21,23-24H,10-15,17-18,31H2,1-4H3,(H,32,36)/t19?,21?,23?,24-/m0/s1. The molecule has 228 valence electrons. The van der Waals surface area contributed by atoms with Crippen molar-refractivity contribution in [1.29, 1.82) is 0 Å². The zero-order valence-corrected chi connectivity index (χ0v) is 25.6. The van der Waals surface area contributed by atoms with Gasteiger partial charge in [0.05, 0.1) is 48.7 Å². The zero-order valence-electron chi connectivity index (χ0n) is 24.1. The lowest BCUT2D eigenvalue weighted by atomic mass is 10.00. The summed E-state index contributed by atoms with van der Waals surface area (Å²) < 4.78 is 50.9. The van der Waals surface area contributed by atoms with Crippen LogP contribution in [0.2, 0.25) is 5.02 Å². The van der Waals surface area contributed by atoms with E-state index < -0.39 is 34.7 Å². The van der Waals surface area contributed by atoms with Crippen LogP contribution >= 0.6 is 11.6 Å². The van der Waals surface area contributed by atoms with Crippen molar-refractivity contribution < 1.29 is 27.1 Å². The third-order valence-electron chi connectivity index (χ3n) is 7.24. The maximum absolute atomic E-state index is 13.8. The molecular formula is C28H41ClFN5O5S. The number of methoxy groups -OCH3 is 2. The fourth-order valence-corrected chi connectivity index (χ4v) is 5.75. The van der Waals surface area contributed by atoms with Crippen molar-refractivity contribution in [3.8, 4) is 0 Å². The molecule has 13 heteroatoms. The predicted octanol–water partition coefficient (Wildman–Crippen LogP) is 2.89. The lowest BCUT2D eigenvalue weighted by Crippen LogP contribution is -2.50. The summed E-state index contributed by atoms with van der Waals surface area (Å²) in [7, 11) is -0.808. The van der Waals surface area contributed by atoms with Gasteiger partial charge in [-0.15, -0.1) is 0 Å². The molecule has 0 spiro atoms. The number of nitrogens with one attached hydrogen (secondary N) is 1. The first-order valence-corrected chi connectivity index (χ1v) is 15.8. The van der Waals surface area contributed by atoms with E-state index in [-0.39, 0.29) is 29.6 Å². The summed E-state index contributed by atoms with van der Waals surface area (Å²) in [4.78, 5) is 20.4. The van der Waals surface area contributed by atoms with Gasteiger partial charge in [0.2, 0.25) is 10.0 Å². The van der Waals surface area contributed by atoms with Crippen LogP contribution in [-0.2, 0) is 25.9 Å². The van der Waals surface area contributed by atoms with Crippen LogP contribution in [-0.4, -0.2) is 91.4 Å². The van der Waals surface area contributed by atoms with Crippen LogP contribution in [0.4, 0.5) is 16.0 Å². The van der Waals surface area contributed by atoms with Gasteiger partial charge in [-0.25, -0.2) is 17.8 Å². The maximum Gasteiger partial charge on any atom is 0.253 e. The van der Waals surface area contributed by atoms with Gasteiger partial charge in [-0.1, -0.05) is 48.9 Å². The Morgan fingerprint density at radius 3 is 2.41 bits per heavy atom. The van der Waals surface area contributed by atoms with Gasteiger partial charge in [-0.2, -0.15) is 0 Å². The number of hydrogen-bond donors (Lipinski definition) is 2. The number of aromatic nitrogens is 1. The number of hydrogen-bond acceptors (Lipinski definition) is 8. The third kappa shape index (κ3) is 9.24. The smallest absolute Gasteiger partial charge is 0.253 e. The van der Waals surface area contributed by atoms with E-state index >= 15 is 0 Å². The SMILES string of the molecule is COCCN(CC1CC1C)c1cc(C(=O)N[C@@H](Cc2ccccc2)C(N)CF)c(Cl)c(N(CCOC)S(C)(=O)=O)n1. The van der Waals surface area contributed by atoms with E-state index in [0.717, 1.165) is 22.5 Å². The number of amides is 1. The van der Waals surface area contributed by atoms with Crippen LogP contribution in [0, 0.1) is 11.8 Å². The number of ether oxygens (including phenoxy) is 2. The number of carbonyl (C=O) groups is 1. The molecule has 1 fully saturated rings. The monoisotopic (exact) mass is 613 g/mol. The van der Waals surface area contributed by atoms with Crippen molar-refractivity contribution in [3.63, 3.8) is 0 Å². The highest BCUT2D eigenvalue weighted by Gasteiger charge is 2.35. The Kier molecular flexibility index (Phi) is 12.2. The Hall–Kier alpha value is -2.51. The number of halogens is 2. The van der Waals surface area contributed by atoms with Gasteiger partial charge in [-0.05, 0) is 36.3 Å². The second kappa shape index (κ2) is 15.1. The molecule has 1 aromatic carbocycles. The Morgan fingerprint density at radius 1 is 1.22 bits per heavy atom. The molecule has 0 bridgehead atoms. The molecule has 10 nitrogen and oxygen atoms in total. The quantitative estimate of drug-likeness (QED) is 0.279. The molecule has 1 saturated carbocycles. The van der Waals surface area contributed by atoms with Gasteiger partial charge >= 0.3 is 0 Å². The van der Waals surface area contributed by atoms with E-state index in [9.17, 15) is 17.6 Å². The first-order valence-electron chi connectivity index (χ1n) is 13.6. The summed E-state index contributed by atoms with van der Waals surface area (Å²) in [5.41, 5.74) is 6.95. The van der Waals surface area contributed by atoms with Gasteiger partial charge < -0.3 is 25.4 Å². The van der Waals surface area contributed by atoms with Crippen molar-refractivity contribution in [3.05, 3.63) is 52.5 Å². The Bertz CT molecular complexity index is 1260. The summed E-state index contributed by atoms with van der Waals surface area (Å²) >= 11 is 6.74. The first kappa shape index (κ1) is 33.0. The van der Waals surface area contributed by atoms with Crippen molar-refractivity contribution in [2.45, 2.75) is 31.8 Å². The first-order chi connectivity index (χ1) is 19.5. The zero-order chi connectivity index (χ0) is 30.2. The van der Waals surface area contributed by atoms with Gasteiger partial charge in [0.1, 0.15) is 12.5 Å². The molecule has 1 amide bonds. The summed E-state index contributed by atoms with van der Waals surface area (Å²) in [5.74, 6) is 0.657. The normalized spacial score (nSPS) is 18.0. The van der Waals surface area contributed by atoms with E-state index in [1.54, 1.807) is 13.2 Å². The van der Waals surface area contributed by atoms with E-state index in [2.05, 4.69) is 17.2 Å². The molecule has 1 aliphatic rings. The molecule has 1 aromatic heterocycles. The number of nitrogens with zero attached hydrogens (tertiary/aromatic N) is 3. The molecule has 1 aliphatic carbocycles. The molecule has 2 aromatic rings. The Morgan fingerprint density at radius 2 is 1.85 bits per heavy atom. The van der Waals surface area contributed by atoms with Crippen molar-refractivity contribution >= 4 is 39.2 Å². The van der Waals surface area contributed by atoms with E-state index in [1.165, 1.54) is 7.11 Å². The minimum atomic E-state index is -3.85. The van der Waals surface area contributed by atoms with E-state index in [1.807, 2.05) is 35.2 Å². The van der Waals surface area contributed by atoms with Gasteiger partial charge in [0.25, 0.3) is 5.91 Å².